The SMILES string of the molecule is CC(C)NC(=O)c1ccnc(NC2CCCCCC2)n1. The van der Waals surface area contributed by atoms with E-state index in [1.54, 1.807) is 12.3 Å². The summed E-state index contributed by atoms with van der Waals surface area (Å²) in [4.78, 5) is 20.5. The van der Waals surface area contributed by atoms with Crippen molar-refractivity contribution in [3.63, 3.8) is 0 Å². The standard InChI is InChI=1S/C15H24N4O/c1-11(2)17-14(20)13-9-10-16-15(19-13)18-12-7-5-3-4-6-8-12/h9-12H,3-8H2,1-2H3,(H,17,20)(H,16,18,19). The number of carbonyl (C=O) groups is 1. The summed E-state index contributed by atoms with van der Waals surface area (Å²) >= 11 is 0. The first-order valence-electron chi connectivity index (χ1n) is 7.55. The number of anilines is 1. The molecule has 1 fully saturated rings. The molecule has 0 unspecified atom stereocenters. The molecule has 0 aromatic carbocycles. The summed E-state index contributed by atoms with van der Waals surface area (Å²) in [5, 5.41) is 6.21. The largest absolute Gasteiger partial charge is 0.351 e. The molecule has 1 aliphatic carbocycles. The van der Waals surface area contributed by atoms with Crippen LogP contribution >= 0.6 is 0 Å². The van der Waals surface area contributed by atoms with Gasteiger partial charge in [0.05, 0.1) is 0 Å². The van der Waals surface area contributed by atoms with Crippen molar-refractivity contribution in [2.24, 2.45) is 0 Å². The number of aromatic nitrogens is 2. The van der Waals surface area contributed by atoms with E-state index < -0.39 is 0 Å². The Bertz CT molecular complexity index is 439. The van der Waals surface area contributed by atoms with E-state index in [2.05, 4.69) is 20.6 Å². The first-order chi connectivity index (χ1) is 9.65. The number of nitrogens with zero attached hydrogens (tertiary/aromatic N) is 2. The predicted octanol–water partition coefficient (Wildman–Crippen LogP) is 2.75. The van der Waals surface area contributed by atoms with Crippen LogP contribution in [-0.2, 0) is 0 Å². The molecule has 1 aromatic rings. The number of rotatable bonds is 4. The highest BCUT2D eigenvalue weighted by Gasteiger charge is 2.14. The molecular formula is C15H24N4O. The molecule has 5 heteroatoms. The summed E-state index contributed by atoms with van der Waals surface area (Å²) in [6, 6.07) is 2.19. The van der Waals surface area contributed by atoms with Crippen LogP contribution in [-0.4, -0.2) is 28.0 Å². The minimum atomic E-state index is -0.147. The van der Waals surface area contributed by atoms with Crippen molar-refractivity contribution >= 4 is 11.9 Å². The number of nitrogens with one attached hydrogen (secondary N) is 2. The summed E-state index contributed by atoms with van der Waals surface area (Å²) in [7, 11) is 0. The average Bonchev–Trinajstić information content (AvgIpc) is 2.67. The third kappa shape index (κ3) is 4.47. The normalized spacial score (nSPS) is 16.8. The quantitative estimate of drug-likeness (QED) is 0.830. The van der Waals surface area contributed by atoms with Gasteiger partial charge in [-0.2, -0.15) is 0 Å². The Morgan fingerprint density at radius 1 is 1.25 bits per heavy atom. The second-order valence-corrected chi connectivity index (χ2v) is 5.73. The van der Waals surface area contributed by atoms with Gasteiger partial charge in [-0.05, 0) is 32.8 Å². The van der Waals surface area contributed by atoms with Crippen molar-refractivity contribution in [1.29, 1.82) is 0 Å². The molecule has 110 valence electrons. The monoisotopic (exact) mass is 276 g/mol. The van der Waals surface area contributed by atoms with Crippen molar-refractivity contribution < 1.29 is 4.79 Å². The van der Waals surface area contributed by atoms with Gasteiger partial charge in [0.2, 0.25) is 5.95 Å². The lowest BCUT2D eigenvalue weighted by molar-refractivity contribution is 0.0938. The molecule has 5 nitrogen and oxygen atoms in total. The summed E-state index contributed by atoms with van der Waals surface area (Å²) in [6.07, 6.45) is 9.10. The zero-order valence-electron chi connectivity index (χ0n) is 12.4. The molecule has 0 radical (unpaired) electrons. The van der Waals surface area contributed by atoms with E-state index >= 15 is 0 Å². The molecule has 0 saturated heterocycles. The van der Waals surface area contributed by atoms with E-state index in [9.17, 15) is 4.79 Å². The van der Waals surface area contributed by atoms with E-state index in [4.69, 9.17) is 0 Å². The maximum atomic E-state index is 11.9. The first kappa shape index (κ1) is 14.8. The second kappa shape index (κ2) is 7.22. The van der Waals surface area contributed by atoms with Crippen LogP contribution in [0.25, 0.3) is 0 Å². The smallest absolute Gasteiger partial charge is 0.270 e. The Balaban J connectivity index is 1.99. The Hall–Kier alpha value is -1.65. The second-order valence-electron chi connectivity index (χ2n) is 5.73. The molecule has 20 heavy (non-hydrogen) atoms. The molecule has 1 aromatic heterocycles. The van der Waals surface area contributed by atoms with Gasteiger partial charge in [0.25, 0.3) is 5.91 Å². The van der Waals surface area contributed by atoms with Crippen molar-refractivity contribution in [3.05, 3.63) is 18.0 Å². The Labute approximate surface area is 120 Å². The number of hydrogen-bond acceptors (Lipinski definition) is 4. The van der Waals surface area contributed by atoms with Gasteiger partial charge in [0.15, 0.2) is 0 Å². The van der Waals surface area contributed by atoms with Gasteiger partial charge in [0.1, 0.15) is 5.69 Å². The fourth-order valence-corrected chi connectivity index (χ4v) is 2.50. The molecule has 1 amide bonds. The highest BCUT2D eigenvalue weighted by Crippen LogP contribution is 2.19. The van der Waals surface area contributed by atoms with Gasteiger partial charge < -0.3 is 10.6 Å². The molecule has 0 spiro atoms. The van der Waals surface area contributed by atoms with E-state index in [0.29, 0.717) is 17.7 Å². The topological polar surface area (TPSA) is 66.9 Å². The maximum Gasteiger partial charge on any atom is 0.270 e. The van der Waals surface area contributed by atoms with Crippen LogP contribution in [0.5, 0.6) is 0 Å². The molecule has 0 atom stereocenters. The van der Waals surface area contributed by atoms with Crippen LogP contribution in [0.2, 0.25) is 0 Å². The lowest BCUT2D eigenvalue weighted by Crippen LogP contribution is -2.31. The highest BCUT2D eigenvalue weighted by molar-refractivity contribution is 5.92. The summed E-state index contributed by atoms with van der Waals surface area (Å²) < 4.78 is 0. The fourth-order valence-electron chi connectivity index (χ4n) is 2.50. The van der Waals surface area contributed by atoms with Gasteiger partial charge in [-0.15, -0.1) is 0 Å². The Morgan fingerprint density at radius 3 is 2.60 bits per heavy atom. The van der Waals surface area contributed by atoms with Crippen molar-refractivity contribution in [3.8, 4) is 0 Å². The molecule has 1 saturated carbocycles. The summed E-state index contributed by atoms with van der Waals surface area (Å²) in [6.45, 7) is 3.87. The fraction of sp³-hybridized carbons (Fsp3) is 0.667. The van der Waals surface area contributed by atoms with Crippen LogP contribution in [0, 0.1) is 0 Å². The van der Waals surface area contributed by atoms with Gasteiger partial charge in [0, 0.05) is 18.3 Å². The van der Waals surface area contributed by atoms with E-state index in [0.717, 1.165) is 12.8 Å². The molecular weight excluding hydrogens is 252 g/mol. The van der Waals surface area contributed by atoms with E-state index in [1.165, 1.54) is 25.7 Å². The molecule has 0 aliphatic heterocycles. The van der Waals surface area contributed by atoms with Crippen LogP contribution < -0.4 is 10.6 Å². The van der Waals surface area contributed by atoms with Crippen LogP contribution in [0.4, 0.5) is 5.95 Å². The lowest BCUT2D eigenvalue weighted by Gasteiger charge is -2.16. The van der Waals surface area contributed by atoms with Crippen LogP contribution in [0.15, 0.2) is 12.3 Å². The zero-order valence-corrected chi connectivity index (χ0v) is 12.4. The lowest BCUT2D eigenvalue weighted by atomic mass is 10.1. The van der Waals surface area contributed by atoms with Gasteiger partial charge >= 0.3 is 0 Å². The molecule has 1 heterocycles. The number of hydrogen-bond donors (Lipinski definition) is 2. The van der Waals surface area contributed by atoms with Crippen molar-refractivity contribution in [2.45, 2.75) is 64.5 Å². The summed E-state index contributed by atoms with van der Waals surface area (Å²) in [5.41, 5.74) is 0.421. The summed E-state index contributed by atoms with van der Waals surface area (Å²) in [5.74, 6) is 0.416. The third-order valence-corrected chi connectivity index (χ3v) is 3.50. The molecule has 2 N–H and O–H groups in total. The van der Waals surface area contributed by atoms with Gasteiger partial charge in [-0.3, -0.25) is 4.79 Å². The zero-order chi connectivity index (χ0) is 14.4. The number of amides is 1. The van der Waals surface area contributed by atoms with Crippen molar-refractivity contribution in [1.82, 2.24) is 15.3 Å². The van der Waals surface area contributed by atoms with E-state index in [-0.39, 0.29) is 11.9 Å². The maximum absolute atomic E-state index is 11.9. The molecule has 1 aliphatic rings. The van der Waals surface area contributed by atoms with Crippen LogP contribution in [0.1, 0.15) is 62.9 Å². The number of carbonyl (C=O) groups excluding carboxylic acids is 1. The molecule has 0 bridgehead atoms. The predicted molar refractivity (Wildman–Crippen MR) is 79.7 cm³/mol. The van der Waals surface area contributed by atoms with Gasteiger partial charge in [-0.1, -0.05) is 25.7 Å². The highest BCUT2D eigenvalue weighted by atomic mass is 16.1. The van der Waals surface area contributed by atoms with E-state index in [1.807, 2.05) is 13.8 Å². The van der Waals surface area contributed by atoms with Gasteiger partial charge in [-0.25, -0.2) is 9.97 Å². The van der Waals surface area contributed by atoms with Crippen molar-refractivity contribution in [2.75, 3.05) is 5.32 Å². The molecule has 2 rings (SSSR count). The average molecular weight is 276 g/mol. The van der Waals surface area contributed by atoms with Crippen LogP contribution in [0.3, 0.4) is 0 Å². The minimum absolute atomic E-state index is 0.107. The Kier molecular flexibility index (Phi) is 5.32. The third-order valence-electron chi connectivity index (χ3n) is 3.50. The Morgan fingerprint density at radius 2 is 1.95 bits per heavy atom. The minimum Gasteiger partial charge on any atom is -0.351 e. The first-order valence-corrected chi connectivity index (χ1v) is 7.55.